The van der Waals surface area contributed by atoms with Crippen LogP contribution in [0.25, 0.3) is 22.2 Å². The minimum Gasteiger partial charge on any atom is -0.389 e. The Morgan fingerprint density at radius 1 is 1.08 bits per heavy atom. The highest BCUT2D eigenvalue weighted by atomic mass is 16.3. The number of hydrogen-bond donors (Lipinski definition) is 4. The molecule has 0 aliphatic rings. The number of nitrogens with one attached hydrogen (secondary N) is 3. The van der Waals surface area contributed by atoms with Gasteiger partial charge in [0.2, 0.25) is 5.91 Å². The van der Waals surface area contributed by atoms with Gasteiger partial charge in [-0.3, -0.25) is 19.1 Å². The van der Waals surface area contributed by atoms with Gasteiger partial charge in [0.1, 0.15) is 6.54 Å². The van der Waals surface area contributed by atoms with Gasteiger partial charge in [-0.05, 0) is 42.7 Å². The molecule has 3 aromatic heterocycles. The quantitative estimate of drug-likeness (QED) is 0.221. The van der Waals surface area contributed by atoms with Crippen molar-refractivity contribution < 1.29 is 9.90 Å². The number of aliphatic hydroxyl groups is 1. The van der Waals surface area contributed by atoms with E-state index in [0.717, 1.165) is 28.6 Å². The predicted octanol–water partition coefficient (Wildman–Crippen LogP) is 3.81. The van der Waals surface area contributed by atoms with E-state index in [0.29, 0.717) is 23.4 Å². The number of hydrogen-bond acceptors (Lipinski definition) is 6. The average molecular weight is 523 g/mol. The van der Waals surface area contributed by atoms with Gasteiger partial charge in [0.15, 0.2) is 5.82 Å². The smallest absolute Gasteiger partial charge is 0.294 e. The molecule has 0 aliphatic heterocycles. The summed E-state index contributed by atoms with van der Waals surface area (Å²) >= 11 is 0. The number of aromatic nitrogens is 4. The first-order chi connectivity index (χ1) is 19.0. The van der Waals surface area contributed by atoms with Gasteiger partial charge in [0.05, 0.1) is 24.5 Å². The second kappa shape index (κ2) is 11.7. The van der Waals surface area contributed by atoms with Crippen LogP contribution < -0.4 is 16.2 Å². The van der Waals surface area contributed by atoms with Crippen LogP contribution in [-0.2, 0) is 24.3 Å². The molecule has 9 nitrogen and oxygen atoms in total. The summed E-state index contributed by atoms with van der Waals surface area (Å²) in [6.07, 6.45) is 5.10. The lowest BCUT2D eigenvalue weighted by Gasteiger charge is -2.16. The average Bonchev–Trinajstić information content (AvgIpc) is 3.38. The number of pyridine rings is 1. The lowest BCUT2D eigenvalue weighted by Crippen LogP contribution is -2.34. The van der Waals surface area contributed by atoms with E-state index >= 15 is 0 Å². The molecule has 0 aliphatic carbocycles. The number of fused-ring (bicyclic) bond motifs is 1. The summed E-state index contributed by atoms with van der Waals surface area (Å²) in [5.41, 5.74) is 4.40. The molecular weight excluding hydrogens is 492 g/mol. The van der Waals surface area contributed by atoms with E-state index in [1.54, 1.807) is 31.6 Å². The van der Waals surface area contributed by atoms with Crippen LogP contribution in [0.4, 0.5) is 5.82 Å². The van der Waals surface area contributed by atoms with Crippen molar-refractivity contribution in [1.29, 1.82) is 0 Å². The fourth-order valence-corrected chi connectivity index (χ4v) is 4.45. The van der Waals surface area contributed by atoms with Crippen LogP contribution >= 0.6 is 0 Å². The number of aliphatic hydroxyl groups excluding tert-OH is 1. The zero-order chi connectivity index (χ0) is 27.2. The molecule has 4 N–H and O–H groups in total. The van der Waals surface area contributed by atoms with Crippen molar-refractivity contribution in [2.45, 2.75) is 32.5 Å². The normalized spacial score (nSPS) is 11.8. The van der Waals surface area contributed by atoms with E-state index in [4.69, 9.17) is 0 Å². The third-order valence-electron chi connectivity index (χ3n) is 6.52. The van der Waals surface area contributed by atoms with Crippen LogP contribution in [0.15, 0.2) is 90.1 Å². The van der Waals surface area contributed by atoms with Gasteiger partial charge in [-0.25, -0.2) is 4.98 Å². The molecule has 9 heteroatoms. The monoisotopic (exact) mass is 522 g/mol. The van der Waals surface area contributed by atoms with Gasteiger partial charge in [0, 0.05) is 41.1 Å². The molecule has 2 aromatic carbocycles. The van der Waals surface area contributed by atoms with Crippen LogP contribution in [0.5, 0.6) is 0 Å². The summed E-state index contributed by atoms with van der Waals surface area (Å²) in [6.45, 7) is 2.29. The molecule has 1 atom stereocenters. The van der Waals surface area contributed by atoms with E-state index in [9.17, 15) is 14.7 Å². The molecule has 5 aromatic rings. The van der Waals surface area contributed by atoms with Gasteiger partial charge in [-0.15, -0.1) is 0 Å². The number of carbonyl (C=O) groups excluding carboxylic acids is 1. The highest BCUT2D eigenvalue weighted by Gasteiger charge is 2.16. The summed E-state index contributed by atoms with van der Waals surface area (Å²) in [5, 5.41) is 17.0. The lowest BCUT2D eigenvalue weighted by atomic mass is 10.0. The minimum atomic E-state index is -0.674. The standard InChI is InChI=1S/C30H30N6O3/c1-20(37)22-8-5-9-23(14-22)27-18-34-29(32-13-10-21-6-3-2-4-7-21)30(39)36(27)19-28(38)33-17-25-15-24-16-31-12-11-26(24)35-25/h2-9,11-12,14-16,18,20,35,37H,10,13,17,19H2,1H3,(H,32,34)(H,33,38). The van der Waals surface area contributed by atoms with Crippen molar-refractivity contribution >= 4 is 22.6 Å². The Morgan fingerprint density at radius 2 is 1.92 bits per heavy atom. The van der Waals surface area contributed by atoms with Crippen molar-refractivity contribution in [2.24, 2.45) is 0 Å². The Kier molecular flexibility index (Phi) is 7.79. The highest BCUT2D eigenvalue weighted by molar-refractivity contribution is 5.80. The van der Waals surface area contributed by atoms with Crippen molar-refractivity contribution in [1.82, 2.24) is 24.8 Å². The number of carbonyl (C=O) groups is 1. The maximum Gasteiger partial charge on any atom is 0.294 e. The molecule has 198 valence electrons. The number of aromatic amines is 1. The largest absolute Gasteiger partial charge is 0.389 e. The van der Waals surface area contributed by atoms with Crippen LogP contribution in [0, 0.1) is 0 Å². The third-order valence-corrected chi connectivity index (χ3v) is 6.52. The number of nitrogens with zero attached hydrogens (tertiary/aromatic N) is 3. The number of H-pyrrole nitrogens is 1. The van der Waals surface area contributed by atoms with Gasteiger partial charge in [-0.2, -0.15) is 0 Å². The zero-order valence-corrected chi connectivity index (χ0v) is 21.6. The summed E-state index contributed by atoms with van der Waals surface area (Å²) in [4.78, 5) is 38.4. The molecule has 1 amide bonds. The lowest BCUT2D eigenvalue weighted by molar-refractivity contribution is -0.121. The van der Waals surface area contributed by atoms with Gasteiger partial charge in [-0.1, -0.05) is 48.5 Å². The second-order valence-corrected chi connectivity index (χ2v) is 9.38. The molecule has 1 unspecified atom stereocenters. The van der Waals surface area contributed by atoms with E-state index in [-0.39, 0.29) is 24.8 Å². The summed E-state index contributed by atoms with van der Waals surface area (Å²) in [5.74, 6) is -0.138. The molecule has 3 heterocycles. The Morgan fingerprint density at radius 3 is 2.72 bits per heavy atom. The van der Waals surface area contributed by atoms with Crippen LogP contribution in [0.2, 0.25) is 0 Å². The van der Waals surface area contributed by atoms with Crippen LogP contribution in [0.1, 0.15) is 29.8 Å². The minimum absolute atomic E-state index is 0.178. The van der Waals surface area contributed by atoms with Crippen molar-refractivity contribution in [3.05, 3.63) is 112 Å². The molecule has 5 rings (SSSR count). The van der Waals surface area contributed by atoms with Gasteiger partial charge < -0.3 is 20.7 Å². The van der Waals surface area contributed by atoms with Crippen LogP contribution in [-0.4, -0.2) is 37.1 Å². The maximum absolute atomic E-state index is 13.5. The van der Waals surface area contributed by atoms with E-state index in [2.05, 4.69) is 25.6 Å². The molecule has 0 saturated carbocycles. The molecule has 0 radical (unpaired) electrons. The number of amides is 1. The fraction of sp³-hybridized carbons (Fsp3) is 0.200. The molecule has 0 bridgehead atoms. The SMILES string of the molecule is CC(O)c1cccc(-c2cnc(NCCc3ccccc3)c(=O)n2CC(=O)NCc2cc3cnccc3[nH]2)c1. The van der Waals surface area contributed by atoms with E-state index in [1.807, 2.05) is 60.7 Å². The molecule has 39 heavy (non-hydrogen) atoms. The topological polar surface area (TPSA) is 125 Å². The maximum atomic E-state index is 13.5. The summed E-state index contributed by atoms with van der Waals surface area (Å²) in [6, 6.07) is 21.0. The molecule has 0 fully saturated rings. The summed E-state index contributed by atoms with van der Waals surface area (Å²) < 4.78 is 1.42. The number of rotatable bonds is 10. The summed E-state index contributed by atoms with van der Waals surface area (Å²) in [7, 11) is 0. The Hall–Kier alpha value is -4.76. The third kappa shape index (κ3) is 6.22. The Balaban J connectivity index is 1.38. The van der Waals surface area contributed by atoms with E-state index in [1.165, 1.54) is 4.57 Å². The first-order valence-corrected chi connectivity index (χ1v) is 12.8. The number of benzene rings is 2. The fourth-order valence-electron chi connectivity index (χ4n) is 4.45. The van der Waals surface area contributed by atoms with Crippen molar-refractivity contribution in [2.75, 3.05) is 11.9 Å². The molecule has 0 saturated heterocycles. The van der Waals surface area contributed by atoms with Crippen molar-refractivity contribution in [3.8, 4) is 11.3 Å². The predicted molar refractivity (Wildman–Crippen MR) is 151 cm³/mol. The zero-order valence-electron chi connectivity index (χ0n) is 21.6. The first-order valence-electron chi connectivity index (χ1n) is 12.8. The van der Waals surface area contributed by atoms with Crippen LogP contribution in [0.3, 0.4) is 0 Å². The number of anilines is 1. The second-order valence-electron chi connectivity index (χ2n) is 9.38. The van der Waals surface area contributed by atoms with Crippen molar-refractivity contribution in [3.63, 3.8) is 0 Å². The Labute approximate surface area is 225 Å². The first kappa shape index (κ1) is 25.9. The molecular formula is C30H30N6O3. The molecule has 0 spiro atoms. The Bertz CT molecular complexity index is 1610. The van der Waals surface area contributed by atoms with E-state index < -0.39 is 11.7 Å². The highest BCUT2D eigenvalue weighted by Crippen LogP contribution is 2.23. The van der Waals surface area contributed by atoms with Gasteiger partial charge in [0.25, 0.3) is 5.56 Å². The van der Waals surface area contributed by atoms with Gasteiger partial charge >= 0.3 is 0 Å².